The molecule has 1 N–H and O–H groups in total. The fraction of sp³-hybridized carbons (Fsp3) is 0.222. The van der Waals surface area contributed by atoms with Gasteiger partial charge in [0, 0.05) is 17.5 Å². The fourth-order valence-electron chi connectivity index (χ4n) is 2.42. The lowest BCUT2D eigenvalue weighted by Crippen LogP contribution is -2.25. The number of para-hydroxylation sites is 1. The zero-order valence-corrected chi connectivity index (χ0v) is 15.2. The summed E-state index contributed by atoms with van der Waals surface area (Å²) in [5.74, 6) is 0.779. The van der Waals surface area contributed by atoms with Crippen LogP contribution in [-0.2, 0) is 6.42 Å². The van der Waals surface area contributed by atoms with Gasteiger partial charge in [-0.25, -0.2) is 4.98 Å². The van der Waals surface area contributed by atoms with Gasteiger partial charge in [0.05, 0.1) is 12.8 Å². The highest BCUT2D eigenvalue weighted by atomic mass is 32.1. The summed E-state index contributed by atoms with van der Waals surface area (Å²) in [5.41, 5.74) is 2.93. The Morgan fingerprint density at radius 1 is 1.29 bits per heavy atom. The average molecular weight is 358 g/mol. The third kappa shape index (κ3) is 3.66. The predicted octanol–water partition coefficient (Wildman–Crippen LogP) is 4.16. The van der Waals surface area contributed by atoms with Crippen LogP contribution < -0.4 is 10.1 Å². The van der Waals surface area contributed by atoms with E-state index in [1.165, 1.54) is 11.3 Å². The van der Waals surface area contributed by atoms with Crippen LogP contribution in [0.2, 0.25) is 0 Å². The molecule has 3 rings (SSSR count). The van der Waals surface area contributed by atoms with E-state index in [0.717, 1.165) is 34.0 Å². The Morgan fingerprint density at radius 3 is 2.88 bits per heavy atom. The van der Waals surface area contributed by atoms with Crippen molar-refractivity contribution < 1.29 is 9.53 Å². The van der Waals surface area contributed by atoms with E-state index < -0.39 is 0 Å². The maximum absolute atomic E-state index is 12.4. The molecule has 6 heteroatoms. The number of rotatable bonds is 6. The summed E-state index contributed by atoms with van der Waals surface area (Å²) in [6.07, 6.45) is 0.727. The Bertz CT molecular complexity index is 825. The number of nitrogens with zero attached hydrogens (tertiary/aromatic N) is 1. The molecule has 0 spiro atoms. The Balaban J connectivity index is 1.63. The lowest BCUT2D eigenvalue weighted by molar-refractivity contribution is 0.0957. The van der Waals surface area contributed by atoms with Crippen molar-refractivity contribution in [2.24, 2.45) is 0 Å². The Labute approximate surface area is 149 Å². The van der Waals surface area contributed by atoms with Crippen LogP contribution in [0.15, 0.2) is 41.1 Å². The SMILES string of the molecule is COc1ccccc1CCNC(=O)c1sc(-c2ccsc2)nc1C. The minimum atomic E-state index is -0.0682. The molecular formula is C18H18N2O2S2. The van der Waals surface area contributed by atoms with Crippen LogP contribution in [0.5, 0.6) is 5.75 Å². The van der Waals surface area contributed by atoms with Crippen molar-refractivity contribution in [3.8, 4) is 16.3 Å². The van der Waals surface area contributed by atoms with Crippen molar-refractivity contribution in [3.63, 3.8) is 0 Å². The van der Waals surface area contributed by atoms with E-state index in [0.29, 0.717) is 11.4 Å². The number of hydrogen-bond donors (Lipinski definition) is 1. The van der Waals surface area contributed by atoms with Gasteiger partial charge < -0.3 is 10.1 Å². The highest BCUT2D eigenvalue weighted by Gasteiger charge is 2.16. The molecular weight excluding hydrogens is 340 g/mol. The number of amides is 1. The van der Waals surface area contributed by atoms with E-state index >= 15 is 0 Å². The highest BCUT2D eigenvalue weighted by Crippen LogP contribution is 2.29. The number of thiophene rings is 1. The number of hydrogen-bond acceptors (Lipinski definition) is 5. The van der Waals surface area contributed by atoms with Crippen LogP contribution in [0.1, 0.15) is 20.9 Å². The number of thiazole rings is 1. The summed E-state index contributed by atoms with van der Waals surface area (Å²) < 4.78 is 5.33. The summed E-state index contributed by atoms with van der Waals surface area (Å²) in [6.45, 7) is 2.44. The second-order valence-corrected chi connectivity index (χ2v) is 7.04. The van der Waals surface area contributed by atoms with E-state index in [9.17, 15) is 4.79 Å². The zero-order valence-electron chi connectivity index (χ0n) is 13.5. The first kappa shape index (κ1) is 16.7. The van der Waals surface area contributed by atoms with Crippen LogP contribution >= 0.6 is 22.7 Å². The van der Waals surface area contributed by atoms with Crippen molar-refractivity contribution in [1.29, 1.82) is 0 Å². The number of nitrogens with one attached hydrogen (secondary N) is 1. The monoisotopic (exact) mass is 358 g/mol. The number of benzene rings is 1. The van der Waals surface area contributed by atoms with Crippen LogP contribution in [0.3, 0.4) is 0 Å². The number of carbonyl (C=O) groups excluding carboxylic acids is 1. The van der Waals surface area contributed by atoms with Crippen LogP contribution in [-0.4, -0.2) is 24.5 Å². The minimum absolute atomic E-state index is 0.0682. The first-order chi connectivity index (χ1) is 11.7. The van der Waals surface area contributed by atoms with Crippen molar-refractivity contribution >= 4 is 28.6 Å². The average Bonchev–Trinajstić information content (AvgIpc) is 3.24. The van der Waals surface area contributed by atoms with Crippen molar-refractivity contribution in [3.05, 3.63) is 57.2 Å². The smallest absolute Gasteiger partial charge is 0.263 e. The van der Waals surface area contributed by atoms with Gasteiger partial charge in [-0.15, -0.1) is 11.3 Å². The normalized spacial score (nSPS) is 10.6. The quantitative estimate of drug-likeness (QED) is 0.720. The summed E-state index contributed by atoms with van der Waals surface area (Å²) in [4.78, 5) is 17.6. The minimum Gasteiger partial charge on any atom is -0.496 e. The molecule has 0 aliphatic rings. The summed E-state index contributed by atoms with van der Waals surface area (Å²) >= 11 is 3.07. The zero-order chi connectivity index (χ0) is 16.9. The fourth-order valence-corrected chi connectivity index (χ4v) is 4.11. The highest BCUT2D eigenvalue weighted by molar-refractivity contribution is 7.17. The molecule has 3 aromatic rings. The molecule has 0 aliphatic heterocycles. The number of aryl methyl sites for hydroxylation is 1. The molecule has 0 aliphatic carbocycles. The summed E-state index contributed by atoms with van der Waals surface area (Å²) in [7, 11) is 1.66. The van der Waals surface area contributed by atoms with E-state index in [1.807, 2.05) is 48.0 Å². The molecule has 124 valence electrons. The lowest BCUT2D eigenvalue weighted by Gasteiger charge is -2.08. The van der Waals surface area contributed by atoms with E-state index in [2.05, 4.69) is 10.3 Å². The molecule has 0 bridgehead atoms. The van der Waals surface area contributed by atoms with Gasteiger partial charge >= 0.3 is 0 Å². The van der Waals surface area contributed by atoms with Gasteiger partial charge in [-0.1, -0.05) is 18.2 Å². The van der Waals surface area contributed by atoms with Crippen LogP contribution in [0.4, 0.5) is 0 Å². The summed E-state index contributed by atoms with van der Waals surface area (Å²) in [6, 6.07) is 9.87. The first-order valence-electron chi connectivity index (χ1n) is 7.59. The van der Waals surface area contributed by atoms with Gasteiger partial charge in [-0.3, -0.25) is 4.79 Å². The molecule has 0 saturated heterocycles. The molecule has 1 amide bonds. The number of carbonyl (C=O) groups is 1. The molecule has 2 aromatic heterocycles. The lowest BCUT2D eigenvalue weighted by atomic mass is 10.1. The molecule has 24 heavy (non-hydrogen) atoms. The third-order valence-electron chi connectivity index (χ3n) is 3.64. The van der Waals surface area contributed by atoms with Crippen LogP contribution in [0.25, 0.3) is 10.6 Å². The molecule has 0 saturated carbocycles. The van der Waals surface area contributed by atoms with Crippen molar-refractivity contribution in [2.45, 2.75) is 13.3 Å². The predicted molar refractivity (Wildman–Crippen MR) is 99.2 cm³/mol. The van der Waals surface area contributed by atoms with Crippen molar-refractivity contribution in [1.82, 2.24) is 10.3 Å². The van der Waals surface area contributed by atoms with E-state index in [-0.39, 0.29) is 5.91 Å². The van der Waals surface area contributed by atoms with E-state index in [1.54, 1.807) is 18.4 Å². The van der Waals surface area contributed by atoms with Gasteiger partial charge in [0.25, 0.3) is 5.91 Å². The molecule has 0 fully saturated rings. The van der Waals surface area contributed by atoms with E-state index in [4.69, 9.17) is 4.74 Å². The second kappa shape index (κ2) is 7.59. The maximum atomic E-state index is 12.4. The molecule has 0 atom stereocenters. The molecule has 4 nitrogen and oxygen atoms in total. The molecule has 0 radical (unpaired) electrons. The molecule has 1 aromatic carbocycles. The van der Waals surface area contributed by atoms with Gasteiger partial charge in [-0.2, -0.15) is 11.3 Å². The van der Waals surface area contributed by atoms with Gasteiger partial charge in [-0.05, 0) is 36.4 Å². The van der Waals surface area contributed by atoms with Crippen LogP contribution in [0, 0.1) is 6.92 Å². The van der Waals surface area contributed by atoms with Crippen molar-refractivity contribution in [2.75, 3.05) is 13.7 Å². The number of aromatic nitrogens is 1. The van der Waals surface area contributed by atoms with Gasteiger partial charge in [0.2, 0.25) is 0 Å². The maximum Gasteiger partial charge on any atom is 0.263 e. The van der Waals surface area contributed by atoms with Gasteiger partial charge in [0.1, 0.15) is 15.6 Å². The largest absolute Gasteiger partial charge is 0.496 e. The molecule has 0 unspecified atom stereocenters. The standard InChI is InChI=1S/C18H18N2O2S2/c1-12-16(24-18(20-12)14-8-10-23-11-14)17(21)19-9-7-13-5-3-4-6-15(13)22-2/h3-6,8,10-11H,7,9H2,1-2H3,(H,19,21). The number of methoxy groups -OCH3 is 1. The Hall–Kier alpha value is -2.18. The Kier molecular flexibility index (Phi) is 5.27. The first-order valence-corrected chi connectivity index (χ1v) is 9.35. The topological polar surface area (TPSA) is 51.2 Å². The number of ether oxygens (including phenoxy) is 1. The third-order valence-corrected chi connectivity index (χ3v) is 5.53. The summed E-state index contributed by atoms with van der Waals surface area (Å²) in [5, 5.41) is 7.93. The Morgan fingerprint density at radius 2 is 2.12 bits per heavy atom. The second-order valence-electron chi connectivity index (χ2n) is 5.26. The molecule has 2 heterocycles. The van der Waals surface area contributed by atoms with Gasteiger partial charge in [0.15, 0.2) is 0 Å².